The highest BCUT2D eigenvalue weighted by Gasteiger charge is 2.31. The number of halogens is 4. The van der Waals surface area contributed by atoms with Crippen LogP contribution < -0.4 is 10.3 Å². The lowest BCUT2D eigenvalue weighted by molar-refractivity contribution is -0.385. The molecule has 0 unspecified atom stereocenters. The molecule has 5 rings (SSSR count). The molecule has 0 bridgehead atoms. The fourth-order valence-electron chi connectivity index (χ4n) is 4.06. The summed E-state index contributed by atoms with van der Waals surface area (Å²) in [5.74, 6) is -0.300. The van der Waals surface area contributed by atoms with Gasteiger partial charge in [-0.25, -0.2) is 4.98 Å². The summed E-state index contributed by atoms with van der Waals surface area (Å²) in [6.45, 7) is 0.0351. The zero-order valence-electron chi connectivity index (χ0n) is 20.9. The number of nitro benzene ring substituents is 1. The molecule has 4 aromatic carbocycles. The van der Waals surface area contributed by atoms with Crippen molar-refractivity contribution in [2.24, 2.45) is 5.10 Å². The Hall–Kier alpha value is -5.03. The summed E-state index contributed by atoms with van der Waals surface area (Å²) in [6.07, 6.45) is -3.49. The molecule has 0 aliphatic rings. The molecule has 0 fully saturated rings. The lowest BCUT2D eigenvalue weighted by Gasteiger charge is -2.12. The number of aromatic nitrogens is 2. The van der Waals surface area contributed by atoms with Gasteiger partial charge in [0.2, 0.25) is 5.75 Å². The lowest BCUT2D eigenvalue weighted by Crippen LogP contribution is -2.20. The van der Waals surface area contributed by atoms with Crippen molar-refractivity contribution < 1.29 is 22.8 Å². The van der Waals surface area contributed by atoms with Crippen molar-refractivity contribution in [3.05, 3.63) is 133 Å². The number of ether oxygens (including phenoxy) is 1. The summed E-state index contributed by atoms with van der Waals surface area (Å²) in [5, 5.41) is 16.1. The highest BCUT2D eigenvalue weighted by Crippen LogP contribution is 2.36. The van der Waals surface area contributed by atoms with Crippen molar-refractivity contribution in [3.8, 4) is 17.1 Å². The molecule has 1 aromatic heterocycles. The second-order valence-electron chi connectivity index (χ2n) is 8.78. The van der Waals surface area contributed by atoms with E-state index in [1.165, 1.54) is 30.3 Å². The van der Waals surface area contributed by atoms with E-state index in [1.807, 2.05) is 6.07 Å². The second kappa shape index (κ2) is 11.2. The molecule has 0 spiro atoms. The first-order valence-corrected chi connectivity index (χ1v) is 12.4. The first-order valence-electron chi connectivity index (χ1n) is 12.0. The predicted octanol–water partition coefficient (Wildman–Crippen LogP) is 7.11. The number of rotatable bonds is 7. The van der Waals surface area contributed by atoms with Crippen molar-refractivity contribution in [1.29, 1.82) is 0 Å². The first-order chi connectivity index (χ1) is 19.6. The highest BCUT2D eigenvalue weighted by atomic mass is 35.5. The van der Waals surface area contributed by atoms with Gasteiger partial charge in [-0.2, -0.15) is 22.9 Å². The van der Waals surface area contributed by atoms with Gasteiger partial charge in [0, 0.05) is 17.2 Å². The number of fused-ring (bicyclic) bond motifs is 1. The van der Waals surface area contributed by atoms with Crippen molar-refractivity contribution in [1.82, 2.24) is 9.66 Å². The molecule has 12 heteroatoms. The molecule has 206 valence electrons. The highest BCUT2D eigenvalue weighted by molar-refractivity contribution is 6.32. The van der Waals surface area contributed by atoms with Crippen molar-refractivity contribution in [2.45, 2.75) is 12.8 Å². The van der Waals surface area contributed by atoms with Gasteiger partial charge in [-0.1, -0.05) is 66.2 Å². The fourth-order valence-corrected chi connectivity index (χ4v) is 4.34. The number of nitro groups is 1. The number of para-hydroxylation sites is 1. The molecule has 0 amide bonds. The summed E-state index contributed by atoms with van der Waals surface area (Å²) in [6, 6.07) is 22.2. The van der Waals surface area contributed by atoms with Gasteiger partial charge in [-0.05, 0) is 35.9 Å². The summed E-state index contributed by atoms with van der Waals surface area (Å²) in [7, 11) is 0. The maximum Gasteiger partial charge on any atom is 0.416 e. The zero-order valence-corrected chi connectivity index (χ0v) is 21.6. The SMILES string of the molecule is O=c1c2ccccc2nc(-c2cccc(C(F)(F)F)c2)n1N=Cc1cc(Cl)c(OCc2ccccc2)c([N+](=O)[O-])c1. The Morgan fingerprint density at radius 2 is 1.73 bits per heavy atom. The molecule has 0 aliphatic heterocycles. The van der Waals surface area contributed by atoms with Crippen LogP contribution in [-0.2, 0) is 12.8 Å². The fraction of sp³-hybridized carbons (Fsp3) is 0.0690. The van der Waals surface area contributed by atoms with Crippen LogP contribution >= 0.6 is 11.6 Å². The minimum atomic E-state index is -4.62. The van der Waals surface area contributed by atoms with E-state index in [2.05, 4.69) is 10.1 Å². The molecule has 41 heavy (non-hydrogen) atoms. The molecule has 0 N–H and O–H groups in total. The van der Waals surface area contributed by atoms with Gasteiger partial charge in [0.1, 0.15) is 6.61 Å². The van der Waals surface area contributed by atoms with Crippen LogP contribution in [0.2, 0.25) is 5.02 Å². The third-order valence-corrected chi connectivity index (χ3v) is 6.27. The number of hydrogen-bond donors (Lipinski definition) is 0. The van der Waals surface area contributed by atoms with E-state index in [4.69, 9.17) is 16.3 Å². The van der Waals surface area contributed by atoms with E-state index >= 15 is 0 Å². The number of benzene rings is 4. The van der Waals surface area contributed by atoms with Crippen LogP contribution in [0.1, 0.15) is 16.7 Å². The maximum absolute atomic E-state index is 13.4. The van der Waals surface area contributed by atoms with E-state index in [0.717, 1.165) is 28.6 Å². The lowest BCUT2D eigenvalue weighted by atomic mass is 10.1. The van der Waals surface area contributed by atoms with Gasteiger partial charge < -0.3 is 4.74 Å². The molecular weight excluding hydrogens is 561 g/mol. The first kappa shape index (κ1) is 27.5. The Labute approximate surface area is 235 Å². The Morgan fingerprint density at radius 1 is 1.00 bits per heavy atom. The molecule has 8 nitrogen and oxygen atoms in total. The minimum Gasteiger partial charge on any atom is -0.481 e. The molecule has 1 heterocycles. The molecule has 0 saturated carbocycles. The summed E-state index contributed by atoms with van der Waals surface area (Å²) >= 11 is 6.34. The van der Waals surface area contributed by atoms with Crippen LogP contribution in [0.5, 0.6) is 5.75 Å². The van der Waals surface area contributed by atoms with E-state index in [9.17, 15) is 28.1 Å². The minimum absolute atomic E-state index is 0.00602. The van der Waals surface area contributed by atoms with Crippen LogP contribution in [0.15, 0.2) is 101 Å². The number of hydrogen-bond acceptors (Lipinski definition) is 6. The van der Waals surface area contributed by atoms with Crippen LogP contribution in [0.4, 0.5) is 18.9 Å². The summed E-state index contributed by atoms with van der Waals surface area (Å²) in [4.78, 5) is 28.9. The van der Waals surface area contributed by atoms with Crippen LogP contribution in [0.3, 0.4) is 0 Å². The van der Waals surface area contributed by atoms with E-state index in [-0.39, 0.29) is 45.2 Å². The van der Waals surface area contributed by atoms with Crippen molar-refractivity contribution >= 4 is 34.4 Å². The van der Waals surface area contributed by atoms with Crippen molar-refractivity contribution in [3.63, 3.8) is 0 Å². The van der Waals surface area contributed by atoms with E-state index in [1.54, 1.807) is 42.5 Å². The molecule has 0 radical (unpaired) electrons. The van der Waals surface area contributed by atoms with Crippen LogP contribution in [0, 0.1) is 10.1 Å². The second-order valence-corrected chi connectivity index (χ2v) is 9.18. The van der Waals surface area contributed by atoms with Gasteiger partial charge >= 0.3 is 11.9 Å². The van der Waals surface area contributed by atoms with Crippen LogP contribution in [-0.4, -0.2) is 20.8 Å². The standard InChI is InChI=1S/C29H18ClF3N4O4/c30-23-13-19(14-25(37(39)40)26(23)41-17-18-7-2-1-3-8-18)16-34-36-27(20-9-6-10-21(15-20)29(31,32)33)35-24-12-5-4-11-22(24)28(36)38/h1-16H,17H2. The molecule has 0 aliphatic carbocycles. The maximum atomic E-state index is 13.4. The predicted molar refractivity (Wildman–Crippen MR) is 148 cm³/mol. The van der Waals surface area contributed by atoms with E-state index in [0.29, 0.717) is 0 Å². The van der Waals surface area contributed by atoms with Gasteiger partial charge in [-0.3, -0.25) is 14.9 Å². The van der Waals surface area contributed by atoms with Gasteiger partial charge in [0.25, 0.3) is 5.56 Å². The Kier molecular flexibility index (Phi) is 7.54. The topological polar surface area (TPSA) is 99.6 Å². The third kappa shape index (κ3) is 5.94. The molecule has 0 saturated heterocycles. The van der Waals surface area contributed by atoms with Gasteiger partial charge in [-0.15, -0.1) is 0 Å². The van der Waals surface area contributed by atoms with Gasteiger partial charge in [0.15, 0.2) is 5.82 Å². The summed E-state index contributed by atoms with van der Waals surface area (Å²) < 4.78 is 46.7. The number of nitrogens with zero attached hydrogens (tertiary/aromatic N) is 4. The molecular formula is C29H18ClF3N4O4. The average molecular weight is 579 g/mol. The normalized spacial score (nSPS) is 11.7. The van der Waals surface area contributed by atoms with Crippen molar-refractivity contribution in [2.75, 3.05) is 0 Å². The Balaban J connectivity index is 1.59. The molecule has 0 atom stereocenters. The molecule has 5 aromatic rings. The summed E-state index contributed by atoms with van der Waals surface area (Å²) in [5.41, 5.74) is -0.845. The van der Waals surface area contributed by atoms with Crippen LogP contribution in [0.25, 0.3) is 22.3 Å². The quantitative estimate of drug-likeness (QED) is 0.116. The Bertz CT molecular complexity index is 1860. The smallest absolute Gasteiger partial charge is 0.416 e. The largest absolute Gasteiger partial charge is 0.481 e. The number of alkyl halides is 3. The monoisotopic (exact) mass is 578 g/mol. The average Bonchev–Trinajstić information content (AvgIpc) is 2.96. The third-order valence-electron chi connectivity index (χ3n) is 5.99. The van der Waals surface area contributed by atoms with E-state index < -0.39 is 27.9 Å². The Morgan fingerprint density at radius 3 is 2.46 bits per heavy atom. The zero-order chi connectivity index (χ0) is 29.1. The van der Waals surface area contributed by atoms with Gasteiger partial charge in [0.05, 0.1) is 32.6 Å².